The molecule has 106 valence electrons. The molecule has 1 unspecified atom stereocenters. The van der Waals surface area contributed by atoms with Gasteiger partial charge in [-0.2, -0.15) is 4.31 Å². The Bertz CT molecular complexity index is 528. The van der Waals surface area contributed by atoms with E-state index in [0.29, 0.717) is 18.0 Å². The molecule has 0 amide bonds. The standard InChI is InChI=1S/C14H22N2O2S/c1-2-12-6-5-8-14(10-12)19(17,18)16-9-4-3-7-13(16)11-15/h5-6,8,10,13H,2-4,7,9,11,15H2,1H3. The molecule has 1 aliphatic heterocycles. The highest BCUT2D eigenvalue weighted by Gasteiger charge is 2.32. The summed E-state index contributed by atoms with van der Waals surface area (Å²) in [6.45, 7) is 3.00. The van der Waals surface area contributed by atoms with E-state index in [2.05, 4.69) is 0 Å². The monoisotopic (exact) mass is 282 g/mol. The molecule has 1 fully saturated rings. The molecule has 0 spiro atoms. The van der Waals surface area contributed by atoms with Gasteiger partial charge in [-0.3, -0.25) is 0 Å². The van der Waals surface area contributed by atoms with Gasteiger partial charge in [-0.25, -0.2) is 8.42 Å². The van der Waals surface area contributed by atoms with Gasteiger partial charge in [0.1, 0.15) is 0 Å². The molecule has 1 aromatic rings. The highest BCUT2D eigenvalue weighted by atomic mass is 32.2. The maximum absolute atomic E-state index is 12.7. The Morgan fingerprint density at radius 1 is 1.37 bits per heavy atom. The summed E-state index contributed by atoms with van der Waals surface area (Å²) in [5.74, 6) is 0. The van der Waals surface area contributed by atoms with Crippen LogP contribution in [0.5, 0.6) is 0 Å². The van der Waals surface area contributed by atoms with Crippen LogP contribution in [0.3, 0.4) is 0 Å². The second-order valence-electron chi connectivity index (χ2n) is 5.00. The zero-order valence-corrected chi connectivity index (χ0v) is 12.2. The van der Waals surface area contributed by atoms with Crippen molar-refractivity contribution in [3.05, 3.63) is 29.8 Å². The summed E-state index contributed by atoms with van der Waals surface area (Å²) in [5, 5.41) is 0. The van der Waals surface area contributed by atoms with Crippen LogP contribution < -0.4 is 5.73 Å². The van der Waals surface area contributed by atoms with E-state index in [9.17, 15) is 8.42 Å². The predicted octanol–water partition coefficient (Wildman–Crippen LogP) is 1.75. The molecule has 0 aromatic heterocycles. The van der Waals surface area contributed by atoms with Crippen LogP contribution in [-0.2, 0) is 16.4 Å². The SMILES string of the molecule is CCc1cccc(S(=O)(=O)N2CCCCC2CN)c1. The van der Waals surface area contributed by atoms with Crippen LogP contribution in [0.25, 0.3) is 0 Å². The largest absolute Gasteiger partial charge is 0.329 e. The van der Waals surface area contributed by atoms with E-state index in [0.717, 1.165) is 31.2 Å². The third kappa shape index (κ3) is 2.99. The summed E-state index contributed by atoms with van der Waals surface area (Å²) in [4.78, 5) is 0.396. The minimum atomic E-state index is -3.40. The number of nitrogens with two attached hydrogens (primary N) is 1. The molecule has 0 radical (unpaired) electrons. The topological polar surface area (TPSA) is 63.4 Å². The first kappa shape index (κ1) is 14.5. The number of hydrogen-bond donors (Lipinski definition) is 1. The quantitative estimate of drug-likeness (QED) is 0.915. The second kappa shape index (κ2) is 6.03. The van der Waals surface area contributed by atoms with Crippen LogP contribution in [0.1, 0.15) is 31.7 Å². The average Bonchev–Trinajstić information content (AvgIpc) is 2.47. The van der Waals surface area contributed by atoms with Gasteiger partial charge in [0, 0.05) is 19.1 Å². The molecule has 1 saturated heterocycles. The summed E-state index contributed by atoms with van der Waals surface area (Å²) in [6.07, 6.45) is 3.68. The molecule has 2 rings (SSSR count). The van der Waals surface area contributed by atoms with Gasteiger partial charge in [-0.05, 0) is 37.0 Å². The molecule has 0 aliphatic carbocycles. The molecule has 1 atom stereocenters. The van der Waals surface area contributed by atoms with Crippen molar-refractivity contribution < 1.29 is 8.42 Å². The summed E-state index contributed by atoms with van der Waals surface area (Å²) in [5.41, 5.74) is 6.76. The molecule has 5 heteroatoms. The van der Waals surface area contributed by atoms with Crippen molar-refractivity contribution in [2.75, 3.05) is 13.1 Å². The van der Waals surface area contributed by atoms with E-state index in [1.54, 1.807) is 16.4 Å². The Balaban J connectivity index is 2.34. The number of benzene rings is 1. The Morgan fingerprint density at radius 2 is 2.16 bits per heavy atom. The van der Waals surface area contributed by atoms with Crippen LogP contribution in [0, 0.1) is 0 Å². The summed E-state index contributed by atoms with van der Waals surface area (Å²) in [6, 6.07) is 7.17. The first-order valence-electron chi connectivity index (χ1n) is 6.90. The van der Waals surface area contributed by atoms with Crippen molar-refractivity contribution in [1.29, 1.82) is 0 Å². The smallest absolute Gasteiger partial charge is 0.243 e. The predicted molar refractivity (Wildman–Crippen MR) is 76.4 cm³/mol. The van der Waals surface area contributed by atoms with E-state index in [1.165, 1.54) is 0 Å². The third-order valence-corrected chi connectivity index (χ3v) is 5.71. The molecule has 4 nitrogen and oxygen atoms in total. The van der Waals surface area contributed by atoms with Crippen molar-refractivity contribution >= 4 is 10.0 Å². The van der Waals surface area contributed by atoms with E-state index in [1.807, 2.05) is 19.1 Å². The third-order valence-electron chi connectivity index (χ3n) is 3.76. The van der Waals surface area contributed by atoms with Gasteiger partial charge in [0.15, 0.2) is 0 Å². The molecule has 2 N–H and O–H groups in total. The normalized spacial score (nSPS) is 21.5. The Kier molecular flexibility index (Phi) is 4.60. The minimum absolute atomic E-state index is 0.0518. The number of aryl methyl sites for hydroxylation is 1. The number of piperidine rings is 1. The van der Waals surface area contributed by atoms with E-state index < -0.39 is 10.0 Å². The molecule has 0 bridgehead atoms. The van der Waals surface area contributed by atoms with Crippen LogP contribution in [0.15, 0.2) is 29.2 Å². The first-order valence-corrected chi connectivity index (χ1v) is 8.34. The lowest BCUT2D eigenvalue weighted by atomic mass is 10.1. The highest BCUT2D eigenvalue weighted by molar-refractivity contribution is 7.89. The van der Waals surface area contributed by atoms with Crippen LogP contribution in [-0.4, -0.2) is 31.9 Å². The van der Waals surface area contributed by atoms with Crippen LogP contribution >= 0.6 is 0 Å². The number of nitrogens with zero attached hydrogens (tertiary/aromatic N) is 1. The fourth-order valence-electron chi connectivity index (χ4n) is 2.59. The number of hydrogen-bond acceptors (Lipinski definition) is 3. The van der Waals surface area contributed by atoms with E-state index in [4.69, 9.17) is 5.73 Å². The molecule has 1 heterocycles. The average molecular weight is 282 g/mol. The zero-order valence-electron chi connectivity index (χ0n) is 11.4. The van der Waals surface area contributed by atoms with Gasteiger partial charge < -0.3 is 5.73 Å². The van der Waals surface area contributed by atoms with Crippen LogP contribution in [0.4, 0.5) is 0 Å². The lowest BCUT2D eigenvalue weighted by molar-refractivity contribution is 0.257. The minimum Gasteiger partial charge on any atom is -0.329 e. The van der Waals surface area contributed by atoms with Crippen molar-refractivity contribution in [3.8, 4) is 0 Å². The highest BCUT2D eigenvalue weighted by Crippen LogP contribution is 2.25. The summed E-state index contributed by atoms with van der Waals surface area (Å²) >= 11 is 0. The number of rotatable bonds is 4. The fraction of sp³-hybridized carbons (Fsp3) is 0.571. The van der Waals surface area contributed by atoms with Gasteiger partial charge in [-0.1, -0.05) is 25.5 Å². The zero-order chi connectivity index (χ0) is 13.9. The maximum Gasteiger partial charge on any atom is 0.243 e. The lowest BCUT2D eigenvalue weighted by Crippen LogP contribution is -2.47. The van der Waals surface area contributed by atoms with Gasteiger partial charge >= 0.3 is 0 Å². The summed E-state index contributed by atoms with van der Waals surface area (Å²) in [7, 11) is -3.40. The van der Waals surface area contributed by atoms with E-state index in [-0.39, 0.29) is 6.04 Å². The van der Waals surface area contributed by atoms with Crippen LogP contribution in [0.2, 0.25) is 0 Å². The fourth-order valence-corrected chi connectivity index (χ4v) is 4.36. The van der Waals surface area contributed by atoms with Crippen molar-refractivity contribution in [3.63, 3.8) is 0 Å². The van der Waals surface area contributed by atoms with Crippen molar-refractivity contribution in [2.45, 2.75) is 43.5 Å². The van der Waals surface area contributed by atoms with Gasteiger partial charge in [-0.15, -0.1) is 0 Å². The van der Waals surface area contributed by atoms with Gasteiger partial charge in [0.05, 0.1) is 4.90 Å². The molecule has 19 heavy (non-hydrogen) atoms. The first-order chi connectivity index (χ1) is 9.09. The molecular formula is C14H22N2O2S. The Labute approximate surface area is 115 Å². The Hall–Kier alpha value is -0.910. The van der Waals surface area contributed by atoms with Crippen molar-refractivity contribution in [2.24, 2.45) is 5.73 Å². The molecule has 1 aromatic carbocycles. The van der Waals surface area contributed by atoms with Gasteiger partial charge in [0.25, 0.3) is 0 Å². The second-order valence-corrected chi connectivity index (χ2v) is 6.89. The number of sulfonamides is 1. The van der Waals surface area contributed by atoms with E-state index >= 15 is 0 Å². The molecule has 1 aliphatic rings. The molecule has 0 saturated carbocycles. The molecular weight excluding hydrogens is 260 g/mol. The summed E-state index contributed by atoms with van der Waals surface area (Å²) < 4.78 is 27.0. The maximum atomic E-state index is 12.7. The lowest BCUT2D eigenvalue weighted by Gasteiger charge is -2.33. The Morgan fingerprint density at radius 3 is 2.84 bits per heavy atom. The van der Waals surface area contributed by atoms with Crippen molar-refractivity contribution in [1.82, 2.24) is 4.31 Å². The van der Waals surface area contributed by atoms with Gasteiger partial charge in [0.2, 0.25) is 10.0 Å².